The number of aromatic nitrogens is 3. The van der Waals surface area contributed by atoms with Gasteiger partial charge >= 0.3 is 0 Å². The molecule has 1 spiro atoms. The molecule has 2 aliphatic rings. The predicted octanol–water partition coefficient (Wildman–Crippen LogP) is 0.710. The standard InChI is InChI=1S/C20H28N6O3/c1-14-17(10-26-7-5-6-21-26)18(22-29-14)19(28)25-12-20(13-25)11-24(15(2)27)9-16(20)8-23(3)4/h5-7,16H,8-13H2,1-4H3. The largest absolute Gasteiger partial charge is 0.361 e. The van der Waals surface area contributed by atoms with Gasteiger partial charge in [0.15, 0.2) is 5.69 Å². The third-order valence-electron chi connectivity index (χ3n) is 6.21. The maximum absolute atomic E-state index is 13.2. The van der Waals surface area contributed by atoms with E-state index < -0.39 is 0 Å². The fourth-order valence-electron chi connectivity index (χ4n) is 4.63. The van der Waals surface area contributed by atoms with Gasteiger partial charge in [-0.3, -0.25) is 14.3 Å². The van der Waals surface area contributed by atoms with Crippen molar-refractivity contribution in [3.63, 3.8) is 0 Å². The molecule has 1 unspecified atom stereocenters. The molecular formula is C20H28N6O3. The summed E-state index contributed by atoms with van der Waals surface area (Å²) in [6, 6.07) is 1.84. The summed E-state index contributed by atoms with van der Waals surface area (Å²) in [5.74, 6) is 0.977. The van der Waals surface area contributed by atoms with Gasteiger partial charge < -0.3 is 19.2 Å². The molecule has 29 heavy (non-hydrogen) atoms. The number of carbonyl (C=O) groups is 2. The van der Waals surface area contributed by atoms with Crippen LogP contribution in [0.3, 0.4) is 0 Å². The van der Waals surface area contributed by atoms with Crippen LogP contribution in [0, 0.1) is 18.3 Å². The number of nitrogens with zero attached hydrogens (tertiary/aromatic N) is 6. The summed E-state index contributed by atoms with van der Waals surface area (Å²) in [6.07, 6.45) is 3.55. The zero-order chi connectivity index (χ0) is 20.8. The summed E-state index contributed by atoms with van der Waals surface area (Å²) in [5, 5.41) is 8.26. The molecule has 0 aromatic carbocycles. The quantitative estimate of drug-likeness (QED) is 0.735. The lowest BCUT2D eigenvalue weighted by Gasteiger charge is -2.51. The Bertz CT molecular complexity index is 897. The molecule has 2 aliphatic heterocycles. The van der Waals surface area contributed by atoms with Gasteiger partial charge in [-0.15, -0.1) is 0 Å². The van der Waals surface area contributed by atoms with Gasteiger partial charge in [0.25, 0.3) is 5.91 Å². The predicted molar refractivity (Wildman–Crippen MR) is 105 cm³/mol. The number of rotatable bonds is 5. The first-order valence-electron chi connectivity index (χ1n) is 9.91. The van der Waals surface area contributed by atoms with Crippen molar-refractivity contribution < 1.29 is 14.1 Å². The summed E-state index contributed by atoms with van der Waals surface area (Å²) < 4.78 is 7.08. The number of carbonyl (C=O) groups excluding carboxylic acids is 2. The third kappa shape index (κ3) is 3.55. The van der Waals surface area contributed by atoms with E-state index in [2.05, 4.69) is 15.2 Å². The number of aryl methyl sites for hydroxylation is 1. The Morgan fingerprint density at radius 3 is 2.62 bits per heavy atom. The van der Waals surface area contributed by atoms with Crippen LogP contribution in [-0.4, -0.2) is 88.3 Å². The van der Waals surface area contributed by atoms with Crippen LogP contribution in [0.25, 0.3) is 0 Å². The fraction of sp³-hybridized carbons (Fsp3) is 0.600. The lowest BCUT2D eigenvalue weighted by atomic mass is 9.71. The summed E-state index contributed by atoms with van der Waals surface area (Å²) in [7, 11) is 4.09. The summed E-state index contributed by atoms with van der Waals surface area (Å²) >= 11 is 0. The number of hydrogen-bond donors (Lipinski definition) is 0. The second-order valence-electron chi connectivity index (χ2n) is 8.65. The first-order valence-corrected chi connectivity index (χ1v) is 9.91. The Labute approximate surface area is 170 Å². The Hall–Kier alpha value is -2.68. The Balaban J connectivity index is 1.49. The molecule has 0 radical (unpaired) electrons. The first-order chi connectivity index (χ1) is 13.8. The van der Waals surface area contributed by atoms with Gasteiger partial charge in [-0.2, -0.15) is 5.10 Å². The average molecular weight is 400 g/mol. The van der Waals surface area contributed by atoms with Gasteiger partial charge in [0.1, 0.15) is 5.76 Å². The van der Waals surface area contributed by atoms with Crippen molar-refractivity contribution in [2.45, 2.75) is 20.4 Å². The second-order valence-corrected chi connectivity index (χ2v) is 8.65. The van der Waals surface area contributed by atoms with Crippen LogP contribution in [0.2, 0.25) is 0 Å². The van der Waals surface area contributed by atoms with E-state index in [0.29, 0.717) is 43.6 Å². The van der Waals surface area contributed by atoms with Crippen molar-refractivity contribution in [1.29, 1.82) is 0 Å². The molecule has 2 amide bonds. The zero-order valence-electron chi connectivity index (χ0n) is 17.5. The van der Waals surface area contributed by atoms with Crippen molar-refractivity contribution in [3.05, 3.63) is 35.5 Å². The van der Waals surface area contributed by atoms with Crippen LogP contribution in [0.15, 0.2) is 23.0 Å². The zero-order valence-corrected chi connectivity index (χ0v) is 17.5. The monoisotopic (exact) mass is 400 g/mol. The molecule has 9 nitrogen and oxygen atoms in total. The molecule has 4 heterocycles. The van der Waals surface area contributed by atoms with Gasteiger partial charge in [0, 0.05) is 63.0 Å². The van der Waals surface area contributed by atoms with Gasteiger partial charge in [0.2, 0.25) is 5.91 Å². The molecule has 4 rings (SSSR count). The first kappa shape index (κ1) is 19.6. The van der Waals surface area contributed by atoms with Gasteiger partial charge in [-0.05, 0) is 33.0 Å². The van der Waals surface area contributed by atoms with E-state index in [1.165, 1.54) is 0 Å². The molecular weight excluding hydrogens is 372 g/mol. The fourth-order valence-corrected chi connectivity index (χ4v) is 4.63. The van der Waals surface area contributed by atoms with Crippen molar-refractivity contribution in [2.24, 2.45) is 11.3 Å². The number of hydrogen-bond acceptors (Lipinski definition) is 6. The van der Waals surface area contributed by atoms with Crippen LogP contribution in [0.1, 0.15) is 28.7 Å². The van der Waals surface area contributed by atoms with Gasteiger partial charge in [0.05, 0.1) is 6.54 Å². The van der Waals surface area contributed by atoms with Crippen molar-refractivity contribution in [1.82, 2.24) is 29.6 Å². The number of likely N-dealkylation sites (tertiary alicyclic amines) is 2. The minimum absolute atomic E-state index is 0.0352. The summed E-state index contributed by atoms with van der Waals surface area (Å²) in [5.41, 5.74) is 1.09. The van der Waals surface area contributed by atoms with Crippen LogP contribution in [-0.2, 0) is 11.3 Å². The molecule has 2 aromatic heterocycles. The highest BCUT2D eigenvalue weighted by Gasteiger charge is 2.56. The number of amides is 2. The lowest BCUT2D eigenvalue weighted by Crippen LogP contribution is -2.63. The van der Waals surface area contributed by atoms with Crippen LogP contribution < -0.4 is 0 Å². The maximum Gasteiger partial charge on any atom is 0.276 e. The molecule has 2 saturated heterocycles. The topological polar surface area (TPSA) is 87.7 Å². The minimum atomic E-state index is -0.112. The smallest absolute Gasteiger partial charge is 0.276 e. The Morgan fingerprint density at radius 1 is 1.28 bits per heavy atom. The van der Waals surface area contributed by atoms with Crippen LogP contribution in [0.4, 0.5) is 0 Å². The average Bonchev–Trinajstić information content (AvgIpc) is 3.33. The van der Waals surface area contributed by atoms with Crippen molar-refractivity contribution in [2.75, 3.05) is 46.8 Å². The van der Waals surface area contributed by atoms with E-state index in [1.54, 1.807) is 17.8 Å². The molecule has 0 saturated carbocycles. The van der Waals surface area contributed by atoms with E-state index in [9.17, 15) is 9.59 Å². The minimum Gasteiger partial charge on any atom is -0.361 e. The van der Waals surface area contributed by atoms with Crippen LogP contribution >= 0.6 is 0 Å². The summed E-state index contributed by atoms with van der Waals surface area (Å²) in [6.45, 7) is 7.53. The SMILES string of the molecule is CC(=O)N1CC(CN(C)C)C2(C1)CN(C(=O)c1noc(C)c1Cn1cccn1)C2. The highest BCUT2D eigenvalue weighted by Crippen LogP contribution is 2.44. The highest BCUT2D eigenvalue weighted by atomic mass is 16.5. The molecule has 0 N–H and O–H groups in total. The Kier molecular flexibility index (Phi) is 4.94. The molecule has 0 bridgehead atoms. The van der Waals surface area contributed by atoms with Gasteiger partial charge in [-0.1, -0.05) is 5.16 Å². The van der Waals surface area contributed by atoms with Crippen LogP contribution in [0.5, 0.6) is 0 Å². The molecule has 2 fully saturated rings. The maximum atomic E-state index is 13.2. The molecule has 0 aliphatic carbocycles. The molecule has 2 aromatic rings. The van der Waals surface area contributed by atoms with Crippen molar-refractivity contribution in [3.8, 4) is 0 Å². The lowest BCUT2D eigenvalue weighted by molar-refractivity contribution is -0.128. The Morgan fingerprint density at radius 2 is 2.00 bits per heavy atom. The highest BCUT2D eigenvalue weighted by molar-refractivity contribution is 5.94. The van der Waals surface area contributed by atoms with E-state index in [1.807, 2.05) is 43.1 Å². The van der Waals surface area contributed by atoms with Gasteiger partial charge in [-0.25, -0.2) is 0 Å². The third-order valence-corrected chi connectivity index (χ3v) is 6.21. The summed E-state index contributed by atoms with van der Waals surface area (Å²) in [4.78, 5) is 31.0. The van der Waals surface area contributed by atoms with E-state index in [0.717, 1.165) is 18.7 Å². The van der Waals surface area contributed by atoms with Crippen molar-refractivity contribution >= 4 is 11.8 Å². The van der Waals surface area contributed by atoms with E-state index in [-0.39, 0.29) is 17.2 Å². The molecule has 156 valence electrons. The molecule has 1 atom stereocenters. The van der Waals surface area contributed by atoms with E-state index in [4.69, 9.17) is 4.52 Å². The second kappa shape index (κ2) is 7.29. The molecule has 9 heteroatoms. The van der Waals surface area contributed by atoms with E-state index >= 15 is 0 Å². The normalized spacial score (nSPS) is 20.5.